The average molecular weight is 282 g/mol. The molecule has 0 radical (unpaired) electrons. The van der Waals surface area contributed by atoms with Crippen molar-refractivity contribution in [3.8, 4) is 5.75 Å². The number of benzene rings is 2. The molecule has 21 heavy (non-hydrogen) atoms. The van der Waals surface area contributed by atoms with Gasteiger partial charge in [-0.1, -0.05) is 48.0 Å². The number of carbonyl (C=O) groups is 1. The Hall–Kier alpha value is -2.62. The Morgan fingerprint density at radius 3 is 2.43 bits per heavy atom. The Morgan fingerprint density at radius 1 is 1.10 bits per heavy atom. The van der Waals surface area contributed by atoms with Crippen LogP contribution in [-0.4, -0.2) is 18.2 Å². The van der Waals surface area contributed by atoms with E-state index in [0.29, 0.717) is 5.75 Å². The first-order valence-corrected chi connectivity index (χ1v) is 6.73. The van der Waals surface area contributed by atoms with Gasteiger partial charge < -0.3 is 4.74 Å². The summed E-state index contributed by atoms with van der Waals surface area (Å²) in [5.74, 6) is 0.372. The molecule has 1 N–H and O–H groups in total. The zero-order chi connectivity index (χ0) is 15.1. The highest BCUT2D eigenvalue weighted by atomic mass is 16.5. The number of hydrogen-bond donors (Lipinski definition) is 1. The van der Waals surface area contributed by atoms with Gasteiger partial charge in [0.1, 0.15) is 5.75 Å². The molecule has 0 aliphatic carbocycles. The molecule has 0 fully saturated rings. The second kappa shape index (κ2) is 7.24. The number of hydrazone groups is 1. The third-order valence-corrected chi connectivity index (χ3v) is 2.93. The van der Waals surface area contributed by atoms with Gasteiger partial charge in [0, 0.05) is 0 Å². The van der Waals surface area contributed by atoms with Crippen molar-refractivity contribution in [1.29, 1.82) is 0 Å². The van der Waals surface area contributed by atoms with Crippen LogP contribution in [0.3, 0.4) is 0 Å². The summed E-state index contributed by atoms with van der Waals surface area (Å²) in [6.07, 6.45) is 0. The summed E-state index contributed by atoms with van der Waals surface area (Å²) < 4.78 is 5.34. The molecule has 108 valence electrons. The van der Waals surface area contributed by atoms with E-state index in [2.05, 4.69) is 10.5 Å². The SMILES string of the molecule is C/C(=N/NC(=O)COc1ccccc1)c1ccc(C)cc1. The van der Waals surface area contributed by atoms with Crippen LogP contribution in [0.15, 0.2) is 59.7 Å². The van der Waals surface area contributed by atoms with Crippen molar-refractivity contribution in [2.24, 2.45) is 5.10 Å². The summed E-state index contributed by atoms with van der Waals surface area (Å²) >= 11 is 0. The highest BCUT2D eigenvalue weighted by molar-refractivity contribution is 5.99. The molecule has 0 spiro atoms. The molecule has 2 rings (SSSR count). The molecule has 0 aliphatic heterocycles. The number of nitrogens with zero attached hydrogens (tertiary/aromatic N) is 1. The van der Waals surface area contributed by atoms with Crippen LogP contribution in [0.4, 0.5) is 0 Å². The standard InChI is InChI=1S/C17H18N2O2/c1-13-8-10-15(11-9-13)14(2)18-19-17(20)12-21-16-6-4-3-5-7-16/h3-11H,12H2,1-2H3,(H,19,20)/b18-14-. The summed E-state index contributed by atoms with van der Waals surface area (Å²) in [6.45, 7) is 3.82. The molecule has 2 aromatic carbocycles. The van der Waals surface area contributed by atoms with Crippen LogP contribution in [0.5, 0.6) is 5.75 Å². The molecular formula is C17H18N2O2. The number of aryl methyl sites for hydroxylation is 1. The highest BCUT2D eigenvalue weighted by Crippen LogP contribution is 2.07. The molecule has 2 aromatic rings. The average Bonchev–Trinajstić information content (AvgIpc) is 2.52. The van der Waals surface area contributed by atoms with Gasteiger partial charge in [0.15, 0.2) is 6.61 Å². The summed E-state index contributed by atoms with van der Waals surface area (Å²) in [4.78, 5) is 11.7. The molecular weight excluding hydrogens is 264 g/mol. The van der Waals surface area contributed by atoms with E-state index in [4.69, 9.17) is 4.74 Å². The largest absolute Gasteiger partial charge is 0.484 e. The van der Waals surface area contributed by atoms with Crippen molar-refractivity contribution in [2.75, 3.05) is 6.61 Å². The van der Waals surface area contributed by atoms with Crippen LogP contribution in [0.1, 0.15) is 18.1 Å². The lowest BCUT2D eigenvalue weighted by molar-refractivity contribution is -0.123. The number of ether oxygens (including phenoxy) is 1. The number of hydrogen-bond acceptors (Lipinski definition) is 3. The van der Waals surface area contributed by atoms with E-state index >= 15 is 0 Å². The Balaban J connectivity index is 1.85. The first kappa shape index (κ1) is 14.8. The zero-order valence-electron chi connectivity index (χ0n) is 12.2. The molecule has 4 heteroatoms. The topological polar surface area (TPSA) is 50.7 Å². The lowest BCUT2D eigenvalue weighted by Gasteiger charge is -2.05. The molecule has 0 unspecified atom stereocenters. The lowest BCUT2D eigenvalue weighted by Crippen LogP contribution is -2.25. The fraction of sp³-hybridized carbons (Fsp3) is 0.176. The van der Waals surface area contributed by atoms with Gasteiger partial charge in [0.25, 0.3) is 5.91 Å². The van der Waals surface area contributed by atoms with Crippen LogP contribution in [0.2, 0.25) is 0 Å². The van der Waals surface area contributed by atoms with E-state index in [9.17, 15) is 4.79 Å². The third-order valence-electron chi connectivity index (χ3n) is 2.93. The van der Waals surface area contributed by atoms with E-state index < -0.39 is 0 Å². The number of carbonyl (C=O) groups excluding carboxylic acids is 1. The second-order valence-corrected chi connectivity index (χ2v) is 4.70. The summed E-state index contributed by atoms with van der Waals surface area (Å²) in [5.41, 5.74) is 5.41. The van der Waals surface area contributed by atoms with Gasteiger partial charge in [-0.05, 0) is 31.5 Å². The van der Waals surface area contributed by atoms with Crippen molar-refractivity contribution < 1.29 is 9.53 Å². The van der Waals surface area contributed by atoms with Crippen molar-refractivity contribution >= 4 is 11.6 Å². The quantitative estimate of drug-likeness (QED) is 0.677. The highest BCUT2D eigenvalue weighted by Gasteiger charge is 2.02. The third kappa shape index (κ3) is 4.76. The van der Waals surface area contributed by atoms with Crippen LogP contribution < -0.4 is 10.2 Å². The molecule has 1 amide bonds. The monoisotopic (exact) mass is 282 g/mol. The lowest BCUT2D eigenvalue weighted by atomic mass is 10.1. The van der Waals surface area contributed by atoms with Gasteiger partial charge in [0.05, 0.1) is 5.71 Å². The number of nitrogens with one attached hydrogen (secondary N) is 1. The molecule has 0 heterocycles. The van der Waals surface area contributed by atoms with Gasteiger partial charge in [-0.15, -0.1) is 0 Å². The van der Waals surface area contributed by atoms with Gasteiger partial charge in [-0.2, -0.15) is 5.10 Å². The van der Waals surface area contributed by atoms with Crippen LogP contribution in [-0.2, 0) is 4.79 Å². The van der Waals surface area contributed by atoms with Crippen LogP contribution >= 0.6 is 0 Å². The fourth-order valence-electron chi connectivity index (χ4n) is 1.70. The van der Waals surface area contributed by atoms with E-state index in [-0.39, 0.29) is 12.5 Å². The number of rotatable bonds is 5. The minimum Gasteiger partial charge on any atom is -0.484 e. The van der Waals surface area contributed by atoms with Gasteiger partial charge in [-0.3, -0.25) is 4.79 Å². The molecule has 4 nitrogen and oxygen atoms in total. The smallest absolute Gasteiger partial charge is 0.277 e. The Morgan fingerprint density at radius 2 is 1.76 bits per heavy atom. The van der Waals surface area contributed by atoms with Crippen LogP contribution in [0.25, 0.3) is 0 Å². The molecule has 0 saturated carbocycles. The van der Waals surface area contributed by atoms with E-state index in [1.165, 1.54) is 5.56 Å². The Kier molecular flexibility index (Phi) is 5.10. The second-order valence-electron chi connectivity index (χ2n) is 4.70. The zero-order valence-corrected chi connectivity index (χ0v) is 12.2. The van der Waals surface area contributed by atoms with Crippen molar-refractivity contribution in [3.05, 3.63) is 65.7 Å². The Bertz CT molecular complexity index is 619. The van der Waals surface area contributed by atoms with Crippen molar-refractivity contribution in [3.63, 3.8) is 0 Å². The van der Waals surface area contributed by atoms with E-state index in [1.807, 2.05) is 56.3 Å². The predicted octanol–water partition coefficient (Wildman–Crippen LogP) is 2.91. The predicted molar refractivity (Wildman–Crippen MR) is 83.5 cm³/mol. The van der Waals surface area contributed by atoms with Gasteiger partial charge in [0.2, 0.25) is 0 Å². The minimum absolute atomic E-state index is 0.0608. The van der Waals surface area contributed by atoms with Crippen molar-refractivity contribution in [2.45, 2.75) is 13.8 Å². The van der Waals surface area contributed by atoms with Gasteiger partial charge in [-0.25, -0.2) is 5.43 Å². The molecule has 0 aromatic heterocycles. The molecule has 0 bridgehead atoms. The molecule has 0 saturated heterocycles. The number of amides is 1. The van der Waals surface area contributed by atoms with E-state index in [1.54, 1.807) is 12.1 Å². The maximum Gasteiger partial charge on any atom is 0.277 e. The van der Waals surface area contributed by atoms with E-state index in [0.717, 1.165) is 11.3 Å². The maximum atomic E-state index is 11.7. The minimum atomic E-state index is -0.287. The molecule has 0 atom stereocenters. The first-order chi connectivity index (χ1) is 10.1. The maximum absolute atomic E-state index is 11.7. The fourth-order valence-corrected chi connectivity index (χ4v) is 1.70. The molecule has 0 aliphatic rings. The summed E-state index contributed by atoms with van der Waals surface area (Å²) in [6, 6.07) is 17.2. The normalized spacial score (nSPS) is 11.0. The Labute approximate surface area is 124 Å². The summed E-state index contributed by atoms with van der Waals surface area (Å²) in [5, 5.41) is 4.07. The number of para-hydroxylation sites is 1. The van der Waals surface area contributed by atoms with Gasteiger partial charge >= 0.3 is 0 Å². The summed E-state index contributed by atoms with van der Waals surface area (Å²) in [7, 11) is 0. The van der Waals surface area contributed by atoms with Crippen LogP contribution in [0, 0.1) is 6.92 Å². The van der Waals surface area contributed by atoms with Crippen molar-refractivity contribution in [1.82, 2.24) is 5.43 Å². The first-order valence-electron chi connectivity index (χ1n) is 6.73.